The van der Waals surface area contributed by atoms with Crippen molar-refractivity contribution in [2.45, 2.75) is 6.92 Å². The van der Waals surface area contributed by atoms with Crippen LogP contribution >= 0.6 is 0 Å². The van der Waals surface area contributed by atoms with E-state index >= 15 is 0 Å². The zero-order chi connectivity index (χ0) is 2.71. The van der Waals surface area contributed by atoms with Crippen LogP contribution in [0.1, 0.15) is 6.92 Å². The van der Waals surface area contributed by atoms with Crippen molar-refractivity contribution in [2.24, 2.45) is 0 Å². The van der Waals surface area contributed by atoms with Gasteiger partial charge in [-0.15, -0.1) is 0 Å². The number of nitriles is 1. The molecule has 0 radical (unpaired) electrons. The molecule has 0 amide bonds. The van der Waals surface area contributed by atoms with Gasteiger partial charge in [-0.05, 0) is 0 Å². The Hall–Kier alpha value is 0.299. The second kappa shape index (κ2) is 27.7. The SMILES string of the molecule is CC#N.[Cl-].[Cu+]. The van der Waals surface area contributed by atoms with Crippen molar-refractivity contribution in [3.05, 3.63) is 0 Å². The maximum atomic E-state index is 7.32. The fourth-order valence-electron chi connectivity index (χ4n) is 0. The van der Waals surface area contributed by atoms with E-state index in [0.717, 1.165) is 0 Å². The molecular formula is C2H3ClCuN. The molecule has 0 unspecified atom stereocenters. The Morgan fingerprint density at radius 2 is 1.60 bits per heavy atom. The molecule has 0 atom stereocenters. The Morgan fingerprint density at radius 3 is 1.60 bits per heavy atom. The first kappa shape index (κ1) is 18.5. The Bertz CT molecular complexity index is 31.1. The Balaban J connectivity index is -0.0000000200. The molecule has 0 saturated heterocycles. The minimum atomic E-state index is 0. The van der Waals surface area contributed by atoms with Crippen LogP contribution in [-0.4, -0.2) is 0 Å². The standard InChI is InChI=1S/C2H3N.ClH.Cu/c1-2-3;;/h1H3;1H;/q;;+1/p-1. The summed E-state index contributed by atoms with van der Waals surface area (Å²) < 4.78 is 0. The third kappa shape index (κ3) is 253. The molecule has 0 aromatic rings. The predicted octanol–water partition coefficient (Wildman–Crippen LogP) is -2.47. The van der Waals surface area contributed by atoms with Crippen LogP contribution in [0.3, 0.4) is 0 Å². The first-order chi connectivity index (χ1) is 1.41. The van der Waals surface area contributed by atoms with Gasteiger partial charge in [-0.1, -0.05) is 0 Å². The van der Waals surface area contributed by atoms with E-state index in [1.165, 1.54) is 6.92 Å². The van der Waals surface area contributed by atoms with Crippen LogP contribution in [0, 0.1) is 11.3 Å². The van der Waals surface area contributed by atoms with Crippen LogP contribution in [0.5, 0.6) is 0 Å². The average Bonchev–Trinajstić information content (AvgIpc) is 0.918. The Kier molecular flexibility index (Phi) is 103. The predicted molar refractivity (Wildman–Crippen MR) is 11.3 cm³/mol. The third-order valence-corrected chi connectivity index (χ3v) is 0. The van der Waals surface area contributed by atoms with Gasteiger partial charge in [0.15, 0.2) is 0 Å². The minimum absolute atomic E-state index is 0. The van der Waals surface area contributed by atoms with Gasteiger partial charge >= 0.3 is 17.1 Å². The summed E-state index contributed by atoms with van der Waals surface area (Å²) in [4.78, 5) is 0. The molecule has 1 nitrogen and oxygen atoms in total. The van der Waals surface area contributed by atoms with Gasteiger partial charge in [0.05, 0.1) is 6.07 Å². The van der Waals surface area contributed by atoms with Crippen LogP contribution in [0.25, 0.3) is 0 Å². The Morgan fingerprint density at radius 1 is 1.60 bits per heavy atom. The molecule has 0 N–H and O–H groups in total. The van der Waals surface area contributed by atoms with Gasteiger partial charge in [0.2, 0.25) is 0 Å². The van der Waals surface area contributed by atoms with Crippen molar-refractivity contribution in [2.75, 3.05) is 0 Å². The molecular weight excluding hydrogens is 137 g/mol. The van der Waals surface area contributed by atoms with Crippen molar-refractivity contribution >= 4 is 0 Å². The monoisotopic (exact) mass is 139 g/mol. The van der Waals surface area contributed by atoms with E-state index in [2.05, 4.69) is 0 Å². The summed E-state index contributed by atoms with van der Waals surface area (Å²) in [5.74, 6) is 0. The summed E-state index contributed by atoms with van der Waals surface area (Å²) in [6.07, 6.45) is 0. The van der Waals surface area contributed by atoms with E-state index in [1.54, 1.807) is 6.07 Å². The molecule has 0 aromatic carbocycles. The summed E-state index contributed by atoms with van der Waals surface area (Å²) in [6.45, 7) is 1.43. The van der Waals surface area contributed by atoms with Crippen LogP contribution in [0.15, 0.2) is 0 Å². The van der Waals surface area contributed by atoms with E-state index < -0.39 is 0 Å². The van der Waals surface area contributed by atoms with E-state index in [9.17, 15) is 0 Å². The van der Waals surface area contributed by atoms with Gasteiger partial charge in [-0.2, -0.15) is 5.26 Å². The summed E-state index contributed by atoms with van der Waals surface area (Å²) in [5.41, 5.74) is 0. The third-order valence-electron chi connectivity index (χ3n) is 0. The summed E-state index contributed by atoms with van der Waals surface area (Å²) in [6, 6.07) is 1.75. The van der Waals surface area contributed by atoms with E-state index in [1.807, 2.05) is 0 Å². The van der Waals surface area contributed by atoms with Crippen molar-refractivity contribution in [3.8, 4) is 6.07 Å². The molecule has 34 valence electrons. The van der Waals surface area contributed by atoms with Crippen LogP contribution in [0.2, 0.25) is 0 Å². The minimum Gasteiger partial charge on any atom is -1.00 e. The summed E-state index contributed by atoms with van der Waals surface area (Å²) >= 11 is 0. The molecule has 0 bridgehead atoms. The van der Waals surface area contributed by atoms with Crippen LogP contribution in [0.4, 0.5) is 0 Å². The zero-order valence-corrected chi connectivity index (χ0v) is 4.32. The number of rotatable bonds is 0. The first-order valence-corrected chi connectivity index (χ1v) is 0.724. The fourth-order valence-corrected chi connectivity index (χ4v) is 0. The van der Waals surface area contributed by atoms with Crippen LogP contribution < -0.4 is 12.4 Å². The Labute approximate surface area is 48.2 Å². The maximum Gasteiger partial charge on any atom is 1.00 e. The number of hydrogen-bond donors (Lipinski definition) is 0. The number of halogens is 1. The molecule has 0 aromatic heterocycles. The first-order valence-electron chi connectivity index (χ1n) is 0.724. The van der Waals surface area contributed by atoms with Crippen molar-refractivity contribution in [1.82, 2.24) is 0 Å². The van der Waals surface area contributed by atoms with Gasteiger partial charge in [0.25, 0.3) is 0 Å². The molecule has 3 heteroatoms. The second-order valence-electron chi connectivity index (χ2n) is 0.224. The number of hydrogen-bond acceptors (Lipinski definition) is 1. The molecule has 0 rings (SSSR count). The molecule has 0 aliphatic carbocycles. The molecule has 0 spiro atoms. The quantitative estimate of drug-likeness (QED) is 0.342. The van der Waals surface area contributed by atoms with Gasteiger partial charge in [0, 0.05) is 6.92 Å². The molecule has 0 saturated carbocycles. The van der Waals surface area contributed by atoms with Crippen molar-refractivity contribution in [3.63, 3.8) is 0 Å². The molecule has 0 heterocycles. The second-order valence-corrected chi connectivity index (χ2v) is 0.224. The van der Waals surface area contributed by atoms with Gasteiger partial charge in [-0.25, -0.2) is 0 Å². The molecule has 5 heavy (non-hydrogen) atoms. The molecule has 0 aliphatic heterocycles. The number of nitrogens with zero attached hydrogens (tertiary/aromatic N) is 1. The van der Waals surface area contributed by atoms with Crippen LogP contribution in [-0.2, 0) is 17.1 Å². The molecule has 0 fully saturated rings. The average molecular weight is 140 g/mol. The normalized spacial score (nSPS) is 1.60. The molecule has 0 aliphatic rings. The van der Waals surface area contributed by atoms with Gasteiger partial charge < -0.3 is 12.4 Å². The maximum absolute atomic E-state index is 7.32. The van der Waals surface area contributed by atoms with E-state index in [-0.39, 0.29) is 29.5 Å². The van der Waals surface area contributed by atoms with Crippen molar-refractivity contribution in [1.29, 1.82) is 5.26 Å². The fraction of sp³-hybridized carbons (Fsp3) is 0.500. The topological polar surface area (TPSA) is 23.8 Å². The summed E-state index contributed by atoms with van der Waals surface area (Å²) in [5, 5.41) is 7.32. The van der Waals surface area contributed by atoms with Gasteiger partial charge in [-0.3, -0.25) is 0 Å². The largest absolute Gasteiger partial charge is 1.00 e. The van der Waals surface area contributed by atoms with Gasteiger partial charge in [0.1, 0.15) is 0 Å². The van der Waals surface area contributed by atoms with E-state index in [4.69, 9.17) is 5.26 Å². The zero-order valence-electron chi connectivity index (χ0n) is 2.63. The van der Waals surface area contributed by atoms with Crippen molar-refractivity contribution < 1.29 is 29.5 Å². The summed E-state index contributed by atoms with van der Waals surface area (Å²) in [7, 11) is 0. The van der Waals surface area contributed by atoms with E-state index in [0.29, 0.717) is 0 Å². The smallest absolute Gasteiger partial charge is 1.00 e.